The van der Waals surface area contributed by atoms with E-state index in [1.54, 1.807) is 17.7 Å². The molecular formula is C10H15N5O2S2. The van der Waals surface area contributed by atoms with Crippen molar-refractivity contribution in [1.29, 1.82) is 0 Å². The highest BCUT2D eigenvalue weighted by molar-refractivity contribution is 7.93. The molecule has 2 aromatic heterocycles. The molecule has 0 unspecified atom stereocenters. The molecule has 0 spiro atoms. The number of aromatic nitrogens is 3. The predicted molar refractivity (Wildman–Crippen MR) is 73.4 cm³/mol. The first-order valence-electron chi connectivity index (χ1n) is 5.66. The number of aryl methyl sites for hydroxylation is 2. The van der Waals surface area contributed by atoms with Crippen LogP contribution in [-0.4, -0.2) is 23.2 Å². The number of nitrogens with zero attached hydrogens (tertiary/aromatic N) is 3. The van der Waals surface area contributed by atoms with E-state index in [-0.39, 0.29) is 16.6 Å². The summed E-state index contributed by atoms with van der Waals surface area (Å²) in [5.41, 5.74) is 6.27. The summed E-state index contributed by atoms with van der Waals surface area (Å²) in [4.78, 5) is 0.170. The summed E-state index contributed by atoms with van der Waals surface area (Å²) in [7, 11) is -1.89. The molecule has 2 rings (SSSR count). The molecular weight excluding hydrogens is 286 g/mol. The van der Waals surface area contributed by atoms with Gasteiger partial charge < -0.3 is 10.3 Å². The highest BCUT2D eigenvalue weighted by Crippen LogP contribution is 2.21. The minimum absolute atomic E-state index is 0.170. The van der Waals surface area contributed by atoms with Crippen molar-refractivity contribution in [2.45, 2.75) is 24.8 Å². The Bertz CT molecular complexity index is 674. The van der Waals surface area contributed by atoms with Gasteiger partial charge >= 0.3 is 0 Å². The molecule has 0 fully saturated rings. The van der Waals surface area contributed by atoms with Crippen molar-refractivity contribution in [3.05, 3.63) is 23.0 Å². The summed E-state index contributed by atoms with van der Waals surface area (Å²) in [6.07, 6.45) is 2.24. The molecule has 0 aliphatic rings. The Labute approximate surface area is 115 Å². The van der Waals surface area contributed by atoms with Crippen molar-refractivity contribution in [2.75, 3.05) is 4.72 Å². The molecule has 0 saturated carbocycles. The van der Waals surface area contributed by atoms with Crippen LogP contribution in [0.1, 0.15) is 17.6 Å². The third-order valence-corrected chi connectivity index (χ3v) is 5.01. The molecule has 0 amide bonds. The normalized spacial score (nSPS) is 11.7. The highest BCUT2D eigenvalue weighted by Gasteiger charge is 2.19. The summed E-state index contributed by atoms with van der Waals surface area (Å²) in [6.45, 7) is 2.22. The van der Waals surface area contributed by atoms with Gasteiger partial charge in [0.25, 0.3) is 10.0 Å². The predicted octanol–water partition coefficient (Wildman–Crippen LogP) is 0.699. The molecule has 3 N–H and O–H groups in total. The monoisotopic (exact) mass is 301 g/mol. The third-order valence-electron chi connectivity index (χ3n) is 2.59. The quantitative estimate of drug-likeness (QED) is 0.846. The maximum atomic E-state index is 12.2. The van der Waals surface area contributed by atoms with E-state index in [1.165, 1.54) is 17.5 Å². The van der Waals surface area contributed by atoms with Crippen molar-refractivity contribution in [3.8, 4) is 0 Å². The van der Waals surface area contributed by atoms with Gasteiger partial charge in [0.15, 0.2) is 0 Å². The van der Waals surface area contributed by atoms with E-state index in [0.29, 0.717) is 0 Å². The maximum Gasteiger partial charge on any atom is 0.265 e. The van der Waals surface area contributed by atoms with Crippen LogP contribution < -0.4 is 10.5 Å². The molecule has 0 aromatic carbocycles. The van der Waals surface area contributed by atoms with Crippen LogP contribution in [0.2, 0.25) is 0 Å². The fraction of sp³-hybridized carbons (Fsp3) is 0.400. The van der Waals surface area contributed by atoms with Crippen LogP contribution in [0.15, 0.2) is 17.2 Å². The Balaban J connectivity index is 2.26. The van der Waals surface area contributed by atoms with E-state index in [2.05, 4.69) is 14.9 Å². The van der Waals surface area contributed by atoms with Gasteiger partial charge in [-0.1, -0.05) is 18.3 Å². The zero-order valence-corrected chi connectivity index (χ0v) is 12.3. The second kappa shape index (κ2) is 5.27. The third kappa shape index (κ3) is 2.94. The highest BCUT2D eigenvalue weighted by atomic mass is 32.2. The summed E-state index contributed by atoms with van der Waals surface area (Å²) in [5.74, 6) is 0. The van der Waals surface area contributed by atoms with Crippen molar-refractivity contribution in [1.82, 2.24) is 14.8 Å². The van der Waals surface area contributed by atoms with Gasteiger partial charge in [-0.2, -0.15) is 0 Å². The largest absolute Gasteiger partial charge is 0.352 e. The number of sulfonamides is 1. The van der Waals surface area contributed by atoms with Crippen molar-refractivity contribution < 1.29 is 8.42 Å². The van der Waals surface area contributed by atoms with E-state index in [1.807, 2.05) is 6.92 Å². The topological polar surface area (TPSA) is 103 Å². The lowest BCUT2D eigenvalue weighted by atomic mass is 10.4. The molecule has 0 aliphatic carbocycles. The second-order valence-electron chi connectivity index (χ2n) is 3.94. The van der Waals surface area contributed by atoms with Gasteiger partial charge in [0.2, 0.25) is 5.13 Å². The molecule has 19 heavy (non-hydrogen) atoms. The Morgan fingerprint density at radius 1 is 1.47 bits per heavy atom. The summed E-state index contributed by atoms with van der Waals surface area (Å²) in [5, 5.41) is 8.72. The van der Waals surface area contributed by atoms with Crippen LogP contribution in [0.3, 0.4) is 0 Å². The Morgan fingerprint density at radius 2 is 2.21 bits per heavy atom. The molecule has 9 heteroatoms. The van der Waals surface area contributed by atoms with Gasteiger partial charge in [0, 0.05) is 25.5 Å². The average Bonchev–Trinajstić information content (AvgIpc) is 2.95. The number of hydrogen-bond donors (Lipinski definition) is 2. The van der Waals surface area contributed by atoms with Crippen LogP contribution in [0.25, 0.3) is 0 Å². The molecule has 0 radical (unpaired) electrons. The Hall–Kier alpha value is -1.45. The molecule has 0 atom stereocenters. The molecule has 104 valence electrons. The van der Waals surface area contributed by atoms with E-state index in [4.69, 9.17) is 5.73 Å². The zero-order chi connectivity index (χ0) is 14.0. The van der Waals surface area contributed by atoms with E-state index >= 15 is 0 Å². The van der Waals surface area contributed by atoms with Crippen LogP contribution in [0.5, 0.6) is 0 Å². The van der Waals surface area contributed by atoms with Crippen LogP contribution in [-0.2, 0) is 30.0 Å². The van der Waals surface area contributed by atoms with Crippen molar-refractivity contribution >= 4 is 26.5 Å². The van der Waals surface area contributed by atoms with Crippen LogP contribution in [0.4, 0.5) is 5.13 Å². The van der Waals surface area contributed by atoms with Crippen LogP contribution in [0, 0.1) is 0 Å². The number of anilines is 1. The number of nitrogens with one attached hydrogen (secondary N) is 1. The zero-order valence-electron chi connectivity index (χ0n) is 10.6. The van der Waals surface area contributed by atoms with Crippen LogP contribution >= 0.6 is 11.3 Å². The summed E-state index contributed by atoms with van der Waals surface area (Å²) >= 11 is 1.23. The average molecular weight is 301 g/mol. The van der Waals surface area contributed by atoms with Crippen molar-refractivity contribution in [2.24, 2.45) is 12.8 Å². The van der Waals surface area contributed by atoms with Gasteiger partial charge in [0.05, 0.1) is 0 Å². The van der Waals surface area contributed by atoms with Crippen molar-refractivity contribution in [3.63, 3.8) is 0 Å². The van der Waals surface area contributed by atoms with Gasteiger partial charge in [-0.05, 0) is 12.5 Å². The Kier molecular flexibility index (Phi) is 3.88. The SMILES string of the molecule is CCc1nnc(NS(=O)(=O)c2cc(CN)n(C)c2)s1. The summed E-state index contributed by atoms with van der Waals surface area (Å²) < 4.78 is 28.4. The summed E-state index contributed by atoms with van der Waals surface area (Å²) in [6, 6.07) is 1.55. The fourth-order valence-corrected chi connectivity index (χ4v) is 3.54. The first kappa shape index (κ1) is 14.0. The molecule has 0 aliphatic heterocycles. The van der Waals surface area contributed by atoms with E-state index in [9.17, 15) is 8.42 Å². The fourth-order valence-electron chi connectivity index (χ4n) is 1.54. The van der Waals surface area contributed by atoms with E-state index in [0.717, 1.165) is 17.1 Å². The Morgan fingerprint density at radius 3 is 2.74 bits per heavy atom. The van der Waals surface area contributed by atoms with E-state index < -0.39 is 10.0 Å². The molecule has 7 nitrogen and oxygen atoms in total. The smallest absolute Gasteiger partial charge is 0.265 e. The van der Waals surface area contributed by atoms with Gasteiger partial charge in [-0.3, -0.25) is 4.72 Å². The number of nitrogens with two attached hydrogens (primary N) is 1. The first-order valence-corrected chi connectivity index (χ1v) is 7.96. The van der Waals surface area contributed by atoms with Gasteiger partial charge in [-0.25, -0.2) is 8.42 Å². The second-order valence-corrected chi connectivity index (χ2v) is 6.69. The standard InChI is InChI=1S/C10H15N5O2S2/c1-3-9-12-13-10(18-9)14-19(16,17)8-4-7(5-11)15(2)6-8/h4,6H,3,5,11H2,1-2H3,(H,13,14). The molecule has 0 bridgehead atoms. The number of rotatable bonds is 5. The molecule has 0 saturated heterocycles. The lowest BCUT2D eigenvalue weighted by Crippen LogP contribution is -2.12. The minimum atomic E-state index is -3.64. The maximum absolute atomic E-state index is 12.2. The number of hydrogen-bond acceptors (Lipinski definition) is 6. The minimum Gasteiger partial charge on any atom is -0.352 e. The molecule has 2 heterocycles. The van der Waals surface area contributed by atoms with Gasteiger partial charge in [-0.15, -0.1) is 10.2 Å². The lowest BCUT2D eigenvalue weighted by molar-refractivity contribution is 0.601. The first-order chi connectivity index (χ1) is 8.96. The lowest BCUT2D eigenvalue weighted by Gasteiger charge is -2.01. The van der Waals surface area contributed by atoms with Gasteiger partial charge in [0.1, 0.15) is 9.90 Å². The molecule has 2 aromatic rings.